The van der Waals surface area contributed by atoms with Crippen LogP contribution in [0.15, 0.2) is 6.20 Å². The maximum atomic E-state index is 8.88. The Hall–Kier alpha value is -2.22. The van der Waals surface area contributed by atoms with Crippen LogP contribution in [0.1, 0.15) is 28.2 Å². The number of nitrogen functional groups attached to an aromatic ring is 1. The molecule has 0 aliphatic carbocycles. The molecular weight excluding hydrogens is 202 g/mol. The fourth-order valence-corrected chi connectivity index (χ4v) is 1.65. The third-order valence-electron chi connectivity index (χ3n) is 2.78. The number of rotatable bonds is 2. The highest BCUT2D eigenvalue weighted by atomic mass is 15.1. The van der Waals surface area contributed by atoms with E-state index in [1.54, 1.807) is 6.20 Å². The molecule has 0 radical (unpaired) electrons. The molecule has 0 aliphatic heterocycles. The number of anilines is 1. The highest BCUT2D eigenvalue weighted by Gasteiger charge is 2.12. The number of nitriles is 1. The lowest BCUT2D eigenvalue weighted by molar-refractivity contribution is 0.971. The van der Waals surface area contributed by atoms with Crippen LogP contribution in [-0.4, -0.2) is 15.2 Å². The van der Waals surface area contributed by atoms with Gasteiger partial charge in [0.15, 0.2) is 0 Å². The van der Waals surface area contributed by atoms with Crippen molar-refractivity contribution < 1.29 is 0 Å². The van der Waals surface area contributed by atoms with Crippen LogP contribution in [0.25, 0.3) is 0 Å². The molecule has 5 heteroatoms. The van der Waals surface area contributed by atoms with Gasteiger partial charge in [0.1, 0.15) is 11.8 Å². The fraction of sp³-hybridized carbons (Fsp3) is 0.273. The molecule has 0 unspecified atom stereocenters. The third kappa shape index (κ3) is 1.54. The second-order valence-corrected chi connectivity index (χ2v) is 3.84. The predicted octanol–water partition coefficient (Wildman–Crippen LogP) is 1.40. The molecule has 0 saturated carbocycles. The van der Waals surface area contributed by atoms with Crippen molar-refractivity contribution in [1.29, 1.82) is 5.26 Å². The number of aryl methyl sites for hydroxylation is 1. The Balaban J connectivity index is 2.37. The van der Waals surface area contributed by atoms with E-state index >= 15 is 0 Å². The predicted molar refractivity (Wildman–Crippen MR) is 60.8 cm³/mol. The molecule has 0 bridgehead atoms. The lowest BCUT2D eigenvalue weighted by Gasteiger charge is -1.99. The quantitative estimate of drug-likeness (QED) is 0.706. The molecule has 0 saturated heterocycles. The van der Waals surface area contributed by atoms with Crippen molar-refractivity contribution in [3.63, 3.8) is 0 Å². The minimum absolute atomic E-state index is 0.532. The molecule has 2 aromatic heterocycles. The van der Waals surface area contributed by atoms with E-state index in [4.69, 9.17) is 11.0 Å². The van der Waals surface area contributed by atoms with Gasteiger partial charge in [-0.2, -0.15) is 10.4 Å². The highest BCUT2D eigenvalue weighted by molar-refractivity contribution is 5.58. The first-order valence-corrected chi connectivity index (χ1v) is 4.99. The minimum Gasteiger partial charge on any atom is -0.397 e. The van der Waals surface area contributed by atoms with E-state index in [1.807, 2.05) is 13.8 Å². The highest BCUT2D eigenvalue weighted by Crippen LogP contribution is 2.22. The Morgan fingerprint density at radius 2 is 2.19 bits per heavy atom. The van der Waals surface area contributed by atoms with Crippen molar-refractivity contribution >= 4 is 5.69 Å². The molecule has 2 rings (SSSR count). The standard InChI is InChI=1S/C11H13N5/c1-6-5-14-16-8(6)3-9-11(13)7(2)10(4-12)15-9/h5,15H,3,13H2,1-2H3,(H,14,16). The van der Waals surface area contributed by atoms with Crippen molar-refractivity contribution in [2.45, 2.75) is 20.3 Å². The van der Waals surface area contributed by atoms with Crippen molar-refractivity contribution in [2.24, 2.45) is 0 Å². The van der Waals surface area contributed by atoms with Crippen LogP contribution in [0.3, 0.4) is 0 Å². The molecule has 0 aliphatic rings. The monoisotopic (exact) mass is 215 g/mol. The van der Waals surface area contributed by atoms with Gasteiger partial charge in [0.05, 0.1) is 11.9 Å². The van der Waals surface area contributed by atoms with Crippen LogP contribution in [-0.2, 0) is 6.42 Å². The summed E-state index contributed by atoms with van der Waals surface area (Å²) in [5.41, 5.74) is 10.9. The Bertz CT molecular complexity index is 555. The first kappa shape index (κ1) is 10.3. The summed E-state index contributed by atoms with van der Waals surface area (Å²) < 4.78 is 0. The summed E-state index contributed by atoms with van der Waals surface area (Å²) in [5.74, 6) is 0. The van der Waals surface area contributed by atoms with Gasteiger partial charge >= 0.3 is 0 Å². The summed E-state index contributed by atoms with van der Waals surface area (Å²) in [5, 5.41) is 15.8. The molecule has 5 nitrogen and oxygen atoms in total. The second kappa shape index (κ2) is 3.74. The van der Waals surface area contributed by atoms with Crippen LogP contribution < -0.4 is 5.73 Å². The van der Waals surface area contributed by atoms with E-state index in [0.717, 1.165) is 22.5 Å². The van der Waals surface area contributed by atoms with Gasteiger partial charge in [-0.25, -0.2) is 0 Å². The van der Waals surface area contributed by atoms with Crippen LogP contribution in [0.2, 0.25) is 0 Å². The lowest BCUT2D eigenvalue weighted by Crippen LogP contribution is -1.96. The van der Waals surface area contributed by atoms with Crippen LogP contribution in [0, 0.1) is 25.2 Å². The number of nitrogens with zero attached hydrogens (tertiary/aromatic N) is 2. The van der Waals surface area contributed by atoms with E-state index in [9.17, 15) is 0 Å². The zero-order valence-corrected chi connectivity index (χ0v) is 9.26. The molecule has 0 amide bonds. The Kier molecular flexibility index (Phi) is 2.41. The first-order chi connectivity index (χ1) is 7.63. The molecule has 16 heavy (non-hydrogen) atoms. The number of aromatic nitrogens is 3. The van der Waals surface area contributed by atoms with E-state index in [2.05, 4.69) is 21.3 Å². The molecule has 2 heterocycles. The molecule has 0 aromatic carbocycles. The van der Waals surface area contributed by atoms with Crippen molar-refractivity contribution in [3.8, 4) is 6.07 Å². The number of nitrogens with one attached hydrogen (secondary N) is 2. The summed E-state index contributed by atoms with van der Waals surface area (Å²) in [6.45, 7) is 3.82. The van der Waals surface area contributed by atoms with Gasteiger partial charge in [-0.15, -0.1) is 0 Å². The molecule has 2 aromatic rings. The Labute approximate surface area is 93.3 Å². The van der Waals surface area contributed by atoms with Gasteiger partial charge in [0, 0.05) is 23.4 Å². The van der Waals surface area contributed by atoms with E-state index in [0.29, 0.717) is 17.8 Å². The molecular formula is C11H13N5. The third-order valence-corrected chi connectivity index (χ3v) is 2.78. The average molecular weight is 215 g/mol. The molecule has 0 spiro atoms. The van der Waals surface area contributed by atoms with Crippen molar-refractivity contribution in [1.82, 2.24) is 15.2 Å². The summed E-state index contributed by atoms with van der Waals surface area (Å²) in [7, 11) is 0. The normalized spacial score (nSPS) is 10.3. The van der Waals surface area contributed by atoms with Gasteiger partial charge in [0.25, 0.3) is 0 Å². The topological polar surface area (TPSA) is 94.3 Å². The summed E-state index contributed by atoms with van der Waals surface area (Å²) >= 11 is 0. The molecule has 0 fully saturated rings. The Morgan fingerprint density at radius 3 is 2.69 bits per heavy atom. The van der Waals surface area contributed by atoms with E-state index in [1.165, 1.54) is 0 Å². The van der Waals surface area contributed by atoms with Gasteiger partial charge in [0.2, 0.25) is 0 Å². The Morgan fingerprint density at radius 1 is 1.44 bits per heavy atom. The lowest BCUT2D eigenvalue weighted by atomic mass is 10.1. The fourth-order valence-electron chi connectivity index (χ4n) is 1.65. The maximum Gasteiger partial charge on any atom is 0.122 e. The zero-order chi connectivity index (χ0) is 11.7. The minimum atomic E-state index is 0.532. The van der Waals surface area contributed by atoms with Crippen LogP contribution in [0.5, 0.6) is 0 Å². The van der Waals surface area contributed by atoms with Gasteiger partial charge in [-0.3, -0.25) is 5.10 Å². The number of hydrogen-bond acceptors (Lipinski definition) is 3. The average Bonchev–Trinajstić information content (AvgIpc) is 2.78. The number of nitrogens with two attached hydrogens (primary N) is 1. The summed E-state index contributed by atoms with van der Waals surface area (Å²) in [6, 6.07) is 2.09. The number of hydrogen-bond donors (Lipinski definition) is 3. The van der Waals surface area contributed by atoms with Crippen LogP contribution in [0.4, 0.5) is 5.69 Å². The maximum absolute atomic E-state index is 8.88. The van der Waals surface area contributed by atoms with Gasteiger partial charge in [-0.05, 0) is 19.4 Å². The van der Waals surface area contributed by atoms with Crippen molar-refractivity contribution in [3.05, 3.63) is 34.4 Å². The van der Waals surface area contributed by atoms with Gasteiger partial charge in [-0.1, -0.05) is 0 Å². The molecule has 82 valence electrons. The van der Waals surface area contributed by atoms with Crippen molar-refractivity contribution in [2.75, 3.05) is 5.73 Å². The molecule has 4 N–H and O–H groups in total. The summed E-state index contributed by atoms with van der Waals surface area (Å²) in [4.78, 5) is 3.03. The number of aromatic amines is 2. The first-order valence-electron chi connectivity index (χ1n) is 4.99. The number of H-pyrrole nitrogens is 2. The summed E-state index contributed by atoms with van der Waals surface area (Å²) in [6.07, 6.45) is 2.41. The van der Waals surface area contributed by atoms with E-state index < -0.39 is 0 Å². The van der Waals surface area contributed by atoms with Gasteiger partial charge < -0.3 is 10.7 Å². The molecule has 0 atom stereocenters. The van der Waals surface area contributed by atoms with Crippen LogP contribution >= 0.6 is 0 Å². The van der Waals surface area contributed by atoms with E-state index in [-0.39, 0.29) is 0 Å². The zero-order valence-electron chi connectivity index (χ0n) is 9.26. The second-order valence-electron chi connectivity index (χ2n) is 3.84. The SMILES string of the molecule is Cc1cn[nH]c1Cc1[nH]c(C#N)c(C)c1N. The largest absolute Gasteiger partial charge is 0.397 e. The smallest absolute Gasteiger partial charge is 0.122 e.